The molecule has 1 aromatic heterocycles. The normalized spacial score (nSPS) is 22.6. The zero-order valence-corrected chi connectivity index (χ0v) is 12.9. The zero-order chi connectivity index (χ0) is 14.5. The molecular formula is C16H27N3O. The Morgan fingerprint density at radius 2 is 2.15 bits per heavy atom. The number of hydrogen-bond acceptors (Lipinski definition) is 4. The van der Waals surface area contributed by atoms with Gasteiger partial charge in [0, 0.05) is 19.1 Å². The summed E-state index contributed by atoms with van der Waals surface area (Å²) in [6.07, 6.45) is 4.51. The van der Waals surface area contributed by atoms with Crippen molar-refractivity contribution < 1.29 is 5.11 Å². The highest BCUT2D eigenvalue weighted by atomic mass is 16.3. The average molecular weight is 277 g/mol. The molecule has 2 heterocycles. The molecule has 2 atom stereocenters. The average Bonchev–Trinajstić information content (AvgIpc) is 2.67. The first-order valence-corrected chi connectivity index (χ1v) is 7.74. The van der Waals surface area contributed by atoms with E-state index in [9.17, 15) is 5.11 Å². The maximum absolute atomic E-state index is 9.83. The van der Waals surface area contributed by atoms with E-state index in [0.717, 1.165) is 31.7 Å². The van der Waals surface area contributed by atoms with Crippen molar-refractivity contribution in [1.82, 2.24) is 9.88 Å². The highest BCUT2D eigenvalue weighted by Crippen LogP contribution is 2.23. The predicted molar refractivity (Wildman–Crippen MR) is 83.0 cm³/mol. The lowest BCUT2D eigenvalue weighted by molar-refractivity contribution is 0.169. The number of nitrogens with zero attached hydrogens (tertiary/aromatic N) is 3. The SMILES string of the molecule is CCC(O)c1ccc(N2CCCN(C)CC2CC)cn1. The number of anilines is 1. The van der Waals surface area contributed by atoms with Crippen molar-refractivity contribution >= 4 is 5.69 Å². The Hall–Kier alpha value is -1.13. The van der Waals surface area contributed by atoms with Gasteiger partial charge in [-0.1, -0.05) is 13.8 Å². The molecule has 2 rings (SSSR count). The number of pyridine rings is 1. The van der Waals surface area contributed by atoms with E-state index in [0.29, 0.717) is 12.5 Å². The summed E-state index contributed by atoms with van der Waals surface area (Å²) in [4.78, 5) is 9.32. The van der Waals surface area contributed by atoms with E-state index in [1.807, 2.05) is 19.2 Å². The summed E-state index contributed by atoms with van der Waals surface area (Å²) in [5, 5.41) is 9.83. The Labute approximate surface area is 122 Å². The molecule has 0 aromatic carbocycles. The molecule has 0 amide bonds. The molecule has 0 spiro atoms. The van der Waals surface area contributed by atoms with Crippen molar-refractivity contribution in [2.45, 2.75) is 45.3 Å². The van der Waals surface area contributed by atoms with E-state index in [1.54, 1.807) is 0 Å². The molecule has 0 aliphatic carbocycles. The second kappa shape index (κ2) is 7.04. The summed E-state index contributed by atoms with van der Waals surface area (Å²) >= 11 is 0. The van der Waals surface area contributed by atoms with Gasteiger partial charge in [0.1, 0.15) is 0 Å². The summed E-state index contributed by atoms with van der Waals surface area (Å²) in [5.74, 6) is 0. The molecule has 0 saturated carbocycles. The molecule has 1 aliphatic rings. The summed E-state index contributed by atoms with van der Waals surface area (Å²) in [5.41, 5.74) is 1.95. The van der Waals surface area contributed by atoms with Crippen molar-refractivity contribution in [2.24, 2.45) is 0 Å². The van der Waals surface area contributed by atoms with Gasteiger partial charge in [-0.15, -0.1) is 0 Å². The molecule has 1 aromatic rings. The summed E-state index contributed by atoms with van der Waals surface area (Å²) in [6, 6.07) is 4.62. The minimum Gasteiger partial charge on any atom is -0.387 e. The number of hydrogen-bond donors (Lipinski definition) is 1. The fraction of sp³-hybridized carbons (Fsp3) is 0.688. The van der Waals surface area contributed by atoms with E-state index in [4.69, 9.17) is 0 Å². The molecule has 4 nitrogen and oxygen atoms in total. The van der Waals surface area contributed by atoms with Crippen LogP contribution in [-0.4, -0.2) is 47.7 Å². The van der Waals surface area contributed by atoms with Gasteiger partial charge < -0.3 is 14.9 Å². The van der Waals surface area contributed by atoms with Gasteiger partial charge in [-0.3, -0.25) is 4.98 Å². The Morgan fingerprint density at radius 1 is 1.35 bits per heavy atom. The van der Waals surface area contributed by atoms with Crippen LogP contribution in [0.1, 0.15) is 44.9 Å². The van der Waals surface area contributed by atoms with Gasteiger partial charge in [0.2, 0.25) is 0 Å². The summed E-state index contributed by atoms with van der Waals surface area (Å²) < 4.78 is 0. The largest absolute Gasteiger partial charge is 0.387 e. The van der Waals surface area contributed by atoms with E-state index in [1.165, 1.54) is 12.1 Å². The van der Waals surface area contributed by atoms with Gasteiger partial charge in [-0.05, 0) is 45.0 Å². The van der Waals surface area contributed by atoms with Crippen LogP contribution in [0.5, 0.6) is 0 Å². The molecule has 112 valence electrons. The zero-order valence-electron chi connectivity index (χ0n) is 12.9. The van der Waals surface area contributed by atoms with Crippen LogP contribution in [0.2, 0.25) is 0 Å². The van der Waals surface area contributed by atoms with E-state index in [2.05, 4.69) is 34.8 Å². The molecule has 1 fully saturated rings. The van der Waals surface area contributed by atoms with Crippen LogP contribution in [0.25, 0.3) is 0 Å². The summed E-state index contributed by atoms with van der Waals surface area (Å²) in [7, 11) is 2.20. The Morgan fingerprint density at radius 3 is 2.75 bits per heavy atom. The lowest BCUT2D eigenvalue weighted by Gasteiger charge is -2.32. The van der Waals surface area contributed by atoms with Gasteiger partial charge in [-0.2, -0.15) is 0 Å². The lowest BCUT2D eigenvalue weighted by Crippen LogP contribution is -2.39. The molecule has 1 aliphatic heterocycles. The van der Waals surface area contributed by atoms with Crippen molar-refractivity contribution in [3.63, 3.8) is 0 Å². The van der Waals surface area contributed by atoms with E-state index < -0.39 is 6.10 Å². The second-order valence-electron chi connectivity index (χ2n) is 5.74. The lowest BCUT2D eigenvalue weighted by atomic mass is 10.1. The van der Waals surface area contributed by atoms with Crippen LogP contribution < -0.4 is 4.90 Å². The van der Waals surface area contributed by atoms with Gasteiger partial charge in [0.15, 0.2) is 0 Å². The number of aliphatic hydroxyl groups excluding tert-OH is 1. The fourth-order valence-electron chi connectivity index (χ4n) is 2.91. The van der Waals surface area contributed by atoms with Gasteiger partial charge >= 0.3 is 0 Å². The van der Waals surface area contributed by atoms with Crippen LogP contribution in [0.15, 0.2) is 18.3 Å². The first-order valence-electron chi connectivity index (χ1n) is 7.74. The maximum Gasteiger partial charge on any atom is 0.0957 e. The molecule has 2 unspecified atom stereocenters. The highest BCUT2D eigenvalue weighted by molar-refractivity contribution is 5.46. The minimum absolute atomic E-state index is 0.443. The molecule has 0 bridgehead atoms. The third-order valence-corrected chi connectivity index (χ3v) is 4.20. The number of aromatic nitrogens is 1. The van der Waals surface area contributed by atoms with Crippen molar-refractivity contribution in [3.05, 3.63) is 24.0 Å². The monoisotopic (exact) mass is 277 g/mol. The molecule has 0 radical (unpaired) electrons. The maximum atomic E-state index is 9.83. The molecule has 1 N–H and O–H groups in total. The predicted octanol–water partition coefficient (Wildman–Crippen LogP) is 2.45. The van der Waals surface area contributed by atoms with E-state index in [-0.39, 0.29) is 0 Å². The van der Waals surface area contributed by atoms with Gasteiger partial charge in [0.25, 0.3) is 0 Å². The third-order valence-electron chi connectivity index (χ3n) is 4.20. The second-order valence-corrected chi connectivity index (χ2v) is 5.74. The minimum atomic E-state index is -0.443. The number of aliphatic hydroxyl groups is 1. The molecular weight excluding hydrogens is 250 g/mol. The van der Waals surface area contributed by atoms with Crippen LogP contribution in [0, 0.1) is 0 Å². The van der Waals surface area contributed by atoms with Crippen molar-refractivity contribution in [1.29, 1.82) is 0 Å². The first kappa shape index (κ1) is 15.3. The van der Waals surface area contributed by atoms with Crippen LogP contribution in [0.4, 0.5) is 5.69 Å². The molecule has 4 heteroatoms. The van der Waals surface area contributed by atoms with Crippen LogP contribution >= 0.6 is 0 Å². The molecule has 20 heavy (non-hydrogen) atoms. The highest BCUT2D eigenvalue weighted by Gasteiger charge is 2.22. The van der Waals surface area contributed by atoms with Crippen LogP contribution in [-0.2, 0) is 0 Å². The van der Waals surface area contributed by atoms with Crippen molar-refractivity contribution in [2.75, 3.05) is 31.6 Å². The fourth-order valence-corrected chi connectivity index (χ4v) is 2.91. The van der Waals surface area contributed by atoms with Gasteiger partial charge in [-0.25, -0.2) is 0 Å². The smallest absolute Gasteiger partial charge is 0.0957 e. The molecule has 1 saturated heterocycles. The van der Waals surface area contributed by atoms with Crippen molar-refractivity contribution in [3.8, 4) is 0 Å². The van der Waals surface area contributed by atoms with Gasteiger partial charge in [0.05, 0.1) is 23.7 Å². The number of likely N-dealkylation sites (N-methyl/N-ethyl adjacent to an activating group) is 1. The van der Waals surface area contributed by atoms with Crippen LogP contribution in [0.3, 0.4) is 0 Å². The Kier molecular flexibility index (Phi) is 5.38. The Balaban J connectivity index is 2.16. The quantitative estimate of drug-likeness (QED) is 0.917. The third kappa shape index (κ3) is 3.49. The van der Waals surface area contributed by atoms with E-state index >= 15 is 0 Å². The Bertz CT molecular complexity index is 407. The standard InChI is InChI=1S/C16H27N3O/c1-4-13-12-18(3)9-6-10-19(13)14-7-8-15(17-11-14)16(20)5-2/h7-8,11,13,16,20H,4-6,9-10,12H2,1-3H3. The number of rotatable bonds is 4. The summed E-state index contributed by atoms with van der Waals surface area (Å²) in [6.45, 7) is 7.57. The first-order chi connectivity index (χ1) is 9.65. The topological polar surface area (TPSA) is 39.6 Å².